The molecule has 0 fully saturated rings. The summed E-state index contributed by atoms with van der Waals surface area (Å²) >= 11 is 0. The molecule has 2 heterocycles. The zero-order chi connectivity index (χ0) is 22.6. The van der Waals surface area contributed by atoms with E-state index in [2.05, 4.69) is 15.1 Å². The van der Waals surface area contributed by atoms with Gasteiger partial charge in [-0.05, 0) is 71.8 Å². The van der Waals surface area contributed by atoms with Gasteiger partial charge in [0.25, 0.3) is 5.91 Å². The van der Waals surface area contributed by atoms with E-state index in [-0.39, 0.29) is 11.7 Å². The Morgan fingerprint density at radius 3 is 2.61 bits per heavy atom. The molecule has 6 heteroatoms. The predicted octanol–water partition coefficient (Wildman–Crippen LogP) is 5.38. The highest BCUT2D eigenvalue weighted by molar-refractivity contribution is 5.96. The fourth-order valence-corrected chi connectivity index (χ4v) is 3.81. The zero-order valence-corrected chi connectivity index (χ0v) is 17.7. The van der Waals surface area contributed by atoms with Crippen molar-refractivity contribution in [3.63, 3.8) is 0 Å². The molecule has 0 saturated carbocycles. The second-order valence-corrected chi connectivity index (χ2v) is 7.73. The van der Waals surface area contributed by atoms with Crippen LogP contribution >= 0.6 is 0 Å². The molecule has 5 rings (SSSR count). The molecule has 0 aliphatic carbocycles. The van der Waals surface area contributed by atoms with Crippen molar-refractivity contribution < 1.29 is 9.18 Å². The minimum absolute atomic E-state index is 0.235. The number of benzene rings is 3. The number of halogens is 1. The molecule has 0 aliphatic heterocycles. The van der Waals surface area contributed by atoms with Gasteiger partial charge < -0.3 is 9.13 Å². The summed E-state index contributed by atoms with van der Waals surface area (Å²) in [6.45, 7) is 0.590. The lowest BCUT2D eigenvalue weighted by atomic mass is 10.1. The van der Waals surface area contributed by atoms with Crippen LogP contribution in [0.15, 0.2) is 109 Å². The summed E-state index contributed by atoms with van der Waals surface area (Å²) in [5.74, 6) is -0.511. The maximum atomic E-state index is 13.5. The largest absolute Gasteiger partial charge is 0.343 e. The SMILES string of the molecule is O=C(N/N=C\c1ccc2c(ccn2Cc2cccc(F)c2)c1)c1cccc(-n2cccc2)c1. The molecule has 0 saturated heterocycles. The summed E-state index contributed by atoms with van der Waals surface area (Å²) in [7, 11) is 0. The molecule has 1 amide bonds. The van der Waals surface area contributed by atoms with Crippen LogP contribution in [0.25, 0.3) is 16.6 Å². The molecule has 0 radical (unpaired) electrons. The first-order valence-electron chi connectivity index (χ1n) is 10.6. The summed E-state index contributed by atoms with van der Waals surface area (Å²) in [5.41, 5.74) is 6.85. The maximum absolute atomic E-state index is 13.5. The molecule has 1 N–H and O–H groups in total. The summed E-state index contributed by atoms with van der Waals surface area (Å²) in [4.78, 5) is 12.5. The lowest BCUT2D eigenvalue weighted by molar-refractivity contribution is 0.0955. The number of nitrogens with one attached hydrogen (secondary N) is 1. The van der Waals surface area contributed by atoms with E-state index >= 15 is 0 Å². The molecule has 33 heavy (non-hydrogen) atoms. The van der Waals surface area contributed by atoms with E-state index in [1.165, 1.54) is 6.07 Å². The third-order valence-electron chi connectivity index (χ3n) is 5.43. The molecule has 2 aromatic heterocycles. The Hall–Kier alpha value is -4.45. The number of carbonyl (C=O) groups excluding carboxylic acids is 1. The van der Waals surface area contributed by atoms with Gasteiger partial charge in [-0.3, -0.25) is 4.79 Å². The van der Waals surface area contributed by atoms with Crippen molar-refractivity contribution >= 4 is 23.0 Å². The normalized spacial score (nSPS) is 11.3. The van der Waals surface area contributed by atoms with Gasteiger partial charge in [-0.15, -0.1) is 0 Å². The van der Waals surface area contributed by atoms with Crippen LogP contribution in [0.5, 0.6) is 0 Å². The number of rotatable bonds is 6. The van der Waals surface area contributed by atoms with Crippen molar-refractivity contribution in [2.45, 2.75) is 6.54 Å². The van der Waals surface area contributed by atoms with Crippen LogP contribution in [-0.2, 0) is 6.54 Å². The van der Waals surface area contributed by atoms with Gasteiger partial charge in [0, 0.05) is 47.3 Å². The van der Waals surface area contributed by atoms with Gasteiger partial charge in [0.1, 0.15) is 5.82 Å². The molecule has 5 aromatic rings. The standard InChI is InChI=1S/C27H21FN4O/c28-24-7-3-5-21(16-24)19-32-14-11-22-15-20(9-10-26(22)32)18-29-30-27(33)23-6-4-8-25(17-23)31-12-1-2-13-31/h1-18H,19H2,(H,30,33)/b29-18-. The molecule has 0 unspecified atom stereocenters. The van der Waals surface area contributed by atoms with Crippen LogP contribution in [-0.4, -0.2) is 21.3 Å². The first-order valence-corrected chi connectivity index (χ1v) is 10.6. The van der Waals surface area contributed by atoms with Gasteiger partial charge in [0.05, 0.1) is 6.21 Å². The molecule has 5 nitrogen and oxygen atoms in total. The number of amides is 1. The van der Waals surface area contributed by atoms with Gasteiger partial charge in [-0.25, -0.2) is 9.82 Å². The number of hydrazone groups is 1. The highest BCUT2D eigenvalue weighted by Crippen LogP contribution is 2.19. The first kappa shape index (κ1) is 20.5. The summed E-state index contributed by atoms with van der Waals surface area (Å²) in [6.07, 6.45) is 7.46. The molecule has 0 atom stereocenters. The number of aromatic nitrogens is 2. The molecule has 0 spiro atoms. The Morgan fingerprint density at radius 1 is 0.909 bits per heavy atom. The highest BCUT2D eigenvalue weighted by atomic mass is 19.1. The van der Waals surface area contributed by atoms with Crippen LogP contribution in [0, 0.1) is 5.82 Å². The van der Waals surface area contributed by atoms with E-state index in [0.29, 0.717) is 12.1 Å². The van der Waals surface area contributed by atoms with Crippen LogP contribution in [0.4, 0.5) is 4.39 Å². The Labute approximate surface area is 190 Å². The Balaban J connectivity index is 1.27. The summed E-state index contributed by atoms with van der Waals surface area (Å²) in [6, 6.07) is 25.8. The molecular formula is C27H21FN4O. The smallest absolute Gasteiger partial charge is 0.271 e. The topological polar surface area (TPSA) is 51.3 Å². The Morgan fingerprint density at radius 2 is 1.76 bits per heavy atom. The molecule has 0 aliphatic rings. The number of nitrogens with zero attached hydrogens (tertiary/aromatic N) is 3. The third-order valence-corrected chi connectivity index (χ3v) is 5.43. The first-order chi connectivity index (χ1) is 16.2. The van der Waals surface area contributed by atoms with Crippen molar-refractivity contribution in [3.8, 4) is 5.69 Å². The van der Waals surface area contributed by atoms with E-state index in [4.69, 9.17) is 0 Å². The van der Waals surface area contributed by atoms with E-state index in [1.54, 1.807) is 24.4 Å². The van der Waals surface area contributed by atoms with Crippen molar-refractivity contribution in [2.75, 3.05) is 0 Å². The molecule has 162 valence electrons. The minimum Gasteiger partial charge on any atom is -0.343 e. The van der Waals surface area contributed by atoms with E-state index in [1.807, 2.05) is 83.8 Å². The number of hydrogen-bond donors (Lipinski definition) is 1. The van der Waals surface area contributed by atoms with Gasteiger partial charge in [-0.2, -0.15) is 5.10 Å². The minimum atomic E-state index is -0.275. The van der Waals surface area contributed by atoms with Gasteiger partial charge >= 0.3 is 0 Å². The van der Waals surface area contributed by atoms with E-state index < -0.39 is 0 Å². The molecule has 0 bridgehead atoms. The summed E-state index contributed by atoms with van der Waals surface area (Å²) in [5, 5.41) is 5.16. The van der Waals surface area contributed by atoms with Crippen LogP contribution in [0.2, 0.25) is 0 Å². The fourth-order valence-electron chi connectivity index (χ4n) is 3.81. The number of hydrogen-bond acceptors (Lipinski definition) is 2. The lowest BCUT2D eigenvalue weighted by Crippen LogP contribution is -2.17. The van der Waals surface area contributed by atoms with Crippen molar-refractivity contribution in [3.05, 3.63) is 126 Å². The average molecular weight is 436 g/mol. The summed E-state index contributed by atoms with van der Waals surface area (Å²) < 4.78 is 17.5. The predicted molar refractivity (Wildman–Crippen MR) is 128 cm³/mol. The van der Waals surface area contributed by atoms with Crippen LogP contribution in [0.3, 0.4) is 0 Å². The Bertz CT molecular complexity index is 1450. The van der Waals surface area contributed by atoms with Gasteiger partial charge in [-0.1, -0.05) is 24.3 Å². The van der Waals surface area contributed by atoms with Crippen molar-refractivity contribution in [2.24, 2.45) is 5.10 Å². The van der Waals surface area contributed by atoms with Crippen LogP contribution < -0.4 is 5.43 Å². The third kappa shape index (κ3) is 4.60. The quantitative estimate of drug-likeness (QED) is 0.282. The van der Waals surface area contributed by atoms with E-state index in [9.17, 15) is 9.18 Å². The lowest BCUT2D eigenvalue weighted by Gasteiger charge is -2.06. The monoisotopic (exact) mass is 436 g/mol. The second-order valence-electron chi connectivity index (χ2n) is 7.73. The second kappa shape index (κ2) is 8.96. The van der Waals surface area contributed by atoms with Crippen molar-refractivity contribution in [1.29, 1.82) is 0 Å². The Kier molecular flexibility index (Phi) is 5.55. The maximum Gasteiger partial charge on any atom is 0.271 e. The molecular weight excluding hydrogens is 415 g/mol. The van der Waals surface area contributed by atoms with Gasteiger partial charge in [0.2, 0.25) is 0 Å². The average Bonchev–Trinajstić information content (AvgIpc) is 3.50. The van der Waals surface area contributed by atoms with Gasteiger partial charge in [0.15, 0.2) is 0 Å². The number of carbonyl (C=O) groups is 1. The molecule has 3 aromatic carbocycles. The van der Waals surface area contributed by atoms with Crippen LogP contribution in [0.1, 0.15) is 21.5 Å². The van der Waals surface area contributed by atoms with E-state index in [0.717, 1.165) is 27.7 Å². The number of fused-ring (bicyclic) bond motifs is 1. The fraction of sp³-hybridized carbons (Fsp3) is 0.0370. The zero-order valence-electron chi connectivity index (χ0n) is 17.7. The highest BCUT2D eigenvalue weighted by Gasteiger charge is 2.06. The van der Waals surface area contributed by atoms with Crippen molar-refractivity contribution in [1.82, 2.24) is 14.6 Å².